The molecule has 9 heteroatoms. The fourth-order valence-electron chi connectivity index (χ4n) is 2.63. The maximum Gasteiger partial charge on any atom is 0.320 e. The zero-order valence-electron chi connectivity index (χ0n) is 15.4. The lowest BCUT2D eigenvalue weighted by atomic mass is 10.1. The zero-order chi connectivity index (χ0) is 19.1. The SMILES string of the molecule is Cc1ccc(N)c(C=NNc2cc(N)nc(OCCN3CCOCC3)n2)c1. The molecule has 0 amide bonds. The number of anilines is 3. The molecule has 9 nitrogen and oxygen atoms in total. The topological polar surface area (TPSA) is 124 Å². The molecule has 5 N–H and O–H groups in total. The number of nitrogens with two attached hydrogens (primary N) is 2. The van der Waals surface area contributed by atoms with Crippen LogP contribution in [0.5, 0.6) is 6.01 Å². The zero-order valence-corrected chi connectivity index (χ0v) is 15.4. The maximum absolute atomic E-state index is 5.94. The second kappa shape index (κ2) is 9.15. The van der Waals surface area contributed by atoms with Gasteiger partial charge in [0.1, 0.15) is 12.4 Å². The van der Waals surface area contributed by atoms with Crippen LogP contribution < -0.4 is 21.6 Å². The molecule has 1 aliphatic heterocycles. The average molecular weight is 371 g/mol. The molecule has 144 valence electrons. The smallest absolute Gasteiger partial charge is 0.320 e. The van der Waals surface area contributed by atoms with Crippen molar-refractivity contribution in [1.29, 1.82) is 0 Å². The summed E-state index contributed by atoms with van der Waals surface area (Å²) in [5.41, 5.74) is 17.2. The Hall–Kier alpha value is -2.91. The molecule has 3 rings (SSSR count). The van der Waals surface area contributed by atoms with Crippen LogP contribution in [0.3, 0.4) is 0 Å². The van der Waals surface area contributed by atoms with E-state index in [4.69, 9.17) is 20.9 Å². The number of ether oxygens (including phenoxy) is 2. The van der Waals surface area contributed by atoms with Crippen molar-refractivity contribution in [2.24, 2.45) is 5.10 Å². The van der Waals surface area contributed by atoms with E-state index in [1.807, 2.05) is 25.1 Å². The molecule has 1 aromatic carbocycles. The summed E-state index contributed by atoms with van der Waals surface area (Å²) in [5.74, 6) is 0.755. The maximum atomic E-state index is 5.94. The second-order valence-electron chi connectivity index (χ2n) is 6.27. The van der Waals surface area contributed by atoms with Crippen LogP contribution in [0.15, 0.2) is 29.4 Å². The predicted octanol–water partition coefficient (Wildman–Crippen LogP) is 1.11. The van der Waals surface area contributed by atoms with Crippen LogP contribution >= 0.6 is 0 Å². The van der Waals surface area contributed by atoms with E-state index in [0.717, 1.165) is 44.0 Å². The highest BCUT2D eigenvalue weighted by Gasteiger charge is 2.10. The van der Waals surface area contributed by atoms with Gasteiger partial charge in [0.25, 0.3) is 0 Å². The van der Waals surface area contributed by atoms with Gasteiger partial charge in [0, 0.05) is 37.0 Å². The van der Waals surface area contributed by atoms with Gasteiger partial charge in [0.2, 0.25) is 0 Å². The number of hydrazone groups is 1. The summed E-state index contributed by atoms with van der Waals surface area (Å²) in [6.45, 7) is 6.59. The molecule has 1 aliphatic rings. The van der Waals surface area contributed by atoms with E-state index in [2.05, 4.69) is 25.4 Å². The standard InChI is InChI=1S/C18H25N7O2/c1-13-2-3-15(19)14(10-13)12-21-24-17-11-16(20)22-18(23-17)27-9-6-25-4-7-26-8-5-25/h2-3,10-12H,4-9,19H2,1H3,(H3,20,22,23,24). The number of nitrogens with one attached hydrogen (secondary N) is 1. The Balaban J connectivity index is 1.56. The Labute approximate surface area is 158 Å². The molecule has 0 saturated carbocycles. The van der Waals surface area contributed by atoms with Crippen molar-refractivity contribution in [3.63, 3.8) is 0 Å². The first-order valence-corrected chi connectivity index (χ1v) is 8.83. The molecule has 0 radical (unpaired) electrons. The molecule has 0 atom stereocenters. The normalized spacial score (nSPS) is 15.1. The third kappa shape index (κ3) is 5.80. The van der Waals surface area contributed by atoms with E-state index in [-0.39, 0.29) is 6.01 Å². The highest BCUT2D eigenvalue weighted by molar-refractivity contribution is 5.87. The van der Waals surface area contributed by atoms with Gasteiger partial charge in [-0.15, -0.1) is 0 Å². The number of hydrogen-bond donors (Lipinski definition) is 3. The third-order valence-electron chi connectivity index (χ3n) is 4.09. The first-order chi connectivity index (χ1) is 13.1. The molecule has 0 aliphatic carbocycles. The average Bonchev–Trinajstić information content (AvgIpc) is 2.65. The Morgan fingerprint density at radius 2 is 2.07 bits per heavy atom. The van der Waals surface area contributed by atoms with Gasteiger partial charge in [0.15, 0.2) is 5.82 Å². The van der Waals surface area contributed by atoms with Crippen molar-refractivity contribution in [3.8, 4) is 6.01 Å². The fourth-order valence-corrected chi connectivity index (χ4v) is 2.63. The minimum Gasteiger partial charge on any atom is -0.462 e. The largest absolute Gasteiger partial charge is 0.462 e. The first-order valence-electron chi connectivity index (χ1n) is 8.83. The van der Waals surface area contributed by atoms with Gasteiger partial charge in [-0.1, -0.05) is 11.6 Å². The van der Waals surface area contributed by atoms with Crippen molar-refractivity contribution in [2.75, 3.05) is 56.3 Å². The van der Waals surface area contributed by atoms with Gasteiger partial charge < -0.3 is 20.9 Å². The number of hydrogen-bond acceptors (Lipinski definition) is 9. The highest BCUT2D eigenvalue weighted by atomic mass is 16.5. The van der Waals surface area contributed by atoms with Crippen LogP contribution in [-0.2, 0) is 4.74 Å². The van der Waals surface area contributed by atoms with Crippen LogP contribution in [-0.4, -0.2) is 60.5 Å². The molecule has 1 saturated heterocycles. The molecule has 1 fully saturated rings. The minimum absolute atomic E-state index is 0.219. The van der Waals surface area contributed by atoms with Crippen LogP contribution in [0.1, 0.15) is 11.1 Å². The van der Waals surface area contributed by atoms with E-state index in [0.29, 0.717) is 23.9 Å². The molecule has 2 heterocycles. The Bertz CT molecular complexity index is 791. The molecule has 1 aromatic heterocycles. The number of aromatic nitrogens is 2. The van der Waals surface area contributed by atoms with Crippen LogP contribution in [0.4, 0.5) is 17.3 Å². The summed E-state index contributed by atoms with van der Waals surface area (Å²) in [5, 5.41) is 4.17. The quantitative estimate of drug-likeness (QED) is 0.376. The van der Waals surface area contributed by atoms with Crippen molar-refractivity contribution < 1.29 is 9.47 Å². The lowest BCUT2D eigenvalue weighted by molar-refractivity contribution is 0.0317. The molecular formula is C18H25N7O2. The van der Waals surface area contributed by atoms with Crippen LogP contribution in [0.25, 0.3) is 0 Å². The van der Waals surface area contributed by atoms with Gasteiger partial charge in [0.05, 0.1) is 19.4 Å². The third-order valence-corrected chi connectivity index (χ3v) is 4.09. The number of benzene rings is 1. The lowest BCUT2D eigenvalue weighted by Gasteiger charge is -2.26. The Kier molecular flexibility index (Phi) is 6.39. The molecule has 2 aromatic rings. The van der Waals surface area contributed by atoms with Crippen LogP contribution in [0, 0.1) is 6.92 Å². The number of morpholine rings is 1. The Morgan fingerprint density at radius 3 is 2.89 bits per heavy atom. The monoisotopic (exact) mass is 371 g/mol. The number of aryl methyl sites for hydroxylation is 1. The van der Waals surface area contributed by atoms with Crippen LogP contribution in [0.2, 0.25) is 0 Å². The van der Waals surface area contributed by atoms with Crippen molar-refractivity contribution in [3.05, 3.63) is 35.4 Å². The first kappa shape index (κ1) is 18.9. The minimum atomic E-state index is 0.219. The van der Waals surface area contributed by atoms with E-state index in [1.165, 1.54) is 0 Å². The Morgan fingerprint density at radius 1 is 1.26 bits per heavy atom. The van der Waals surface area contributed by atoms with Gasteiger partial charge in [-0.2, -0.15) is 15.1 Å². The molecule has 27 heavy (non-hydrogen) atoms. The van der Waals surface area contributed by atoms with E-state index in [1.54, 1.807) is 12.3 Å². The van der Waals surface area contributed by atoms with E-state index >= 15 is 0 Å². The van der Waals surface area contributed by atoms with Crippen molar-refractivity contribution >= 4 is 23.5 Å². The molecule has 0 unspecified atom stereocenters. The summed E-state index contributed by atoms with van der Waals surface area (Å²) in [6, 6.07) is 7.56. The summed E-state index contributed by atoms with van der Waals surface area (Å²) >= 11 is 0. The predicted molar refractivity (Wildman–Crippen MR) is 106 cm³/mol. The fraction of sp³-hybridized carbons (Fsp3) is 0.389. The van der Waals surface area contributed by atoms with Gasteiger partial charge >= 0.3 is 6.01 Å². The van der Waals surface area contributed by atoms with Gasteiger partial charge in [-0.3, -0.25) is 10.3 Å². The summed E-state index contributed by atoms with van der Waals surface area (Å²) in [4.78, 5) is 10.6. The summed E-state index contributed by atoms with van der Waals surface area (Å²) < 4.78 is 11.0. The summed E-state index contributed by atoms with van der Waals surface area (Å²) in [6.07, 6.45) is 1.64. The van der Waals surface area contributed by atoms with Gasteiger partial charge in [-0.25, -0.2) is 0 Å². The number of nitrogens with zero attached hydrogens (tertiary/aromatic N) is 4. The number of rotatable bonds is 7. The summed E-state index contributed by atoms with van der Waals surface area (Å²) in [7, 11) is 0. The second-order valence-corrected chi connectivity index (χ2v) is 6.27. The lowest BCUT2D eigenvalue weighted by Crippen LogP contribution is -2.38. The molecule has 0 spiro atoms. The molecular weight excluding hydrogens is 346 g/mol. The highest BCUT2D eigenvalue weighted by Crippen LogP contribution is 2.14. The number of nitrogen functional groups attached to an aromatic ring is 2. The van der Waals surface area contributed by atoms with Crippen molar-refractivity contribution in [2.45, 2.75) is 6.92 Å². The van der Waals surface area contributed by atoms with E-state index < -0.39 is 0 Å². The van der Waals surface area contributed by atoms with Crippen molar-refractivity contribution in [1.82, 2.24) is 14.9 Å². The van der Waals surface area contributed by atoms with Gasteiger partial charge in [-0.05, 0) is 19.1 Å². The van der Waals surface area contributed by atoms with E-state index in [9.17, 15) is 0 Å². The molecule has 0 bridgehead atoms.